The fourth-order valence-corrected chi connectivity index (χ4v) is 4.29. The van der Waals surface area contributed by atoms with Gasteiger partial charge in [-0.1, -0.05) is 30.4 Å². The maximum absolute atomic E-state index is 12.4. The van der Waals surface area contributed by atoms with Gasteiger partial charge in [-0.3, -0.25) is 14.5 Å². The predicted molar refractivity (Wildman–Crippen MR) is 95.0 cm³/mol. The highest BCUT2D eigenvalue weighted by molar-refractivity contribution is 8.26. The molecule has 0 aromatic carbocycles. The Kier molecular flexibility index (Phi) is 6.16. The van der Waals surface area contributed by atoms with Crippen LogP contribution in [0.2, 0.25) is 0 Å². The van der Waals surface area contributed by atoms with Crippen LogP contribution in [0.15, 0.2) is 16.4 Å². The minimum atomic E-state index is -0.778. The molecule has 0 atom stereocenters. The normalized spacial score (nSPS) is 16.8. The van der Waals surface area contributed by atoms with Gasteiger partial charge in [-0.2, -0.15) is 0 Å². The van der Waals surface area contributed by atoms with Gasteiger partial charge in [0.15, 0.2) is 0 Å². The van der Waals surface area contributed by atoms with Gasteiger partial charge < -0.3 is 5.11 Å². The molecule has 1 amide bonds. The summed E-state index contributed by atoms with van der Waals surface area (Å²) < 4.78 is 0.587. The van der Waals surface area contributed by atoms with Gasteiger partial charge in [-0.15, -0.1) is 11.3 Å². The molecule has 2 rings (SSSR count). The Morgan fingerprint density at radius 3 is 2.82 bits per heavy atom. The van der Waals surface area contributed by atoms with E-state index in [0.717, 1.165) is 23.3 Å². The molecule has 1 aromatic rings. The van der Waals surface area contributed by atoms with Gasteiger partial charge in [0.1, 0.15) is 4.32 Å². The highest BCUT2D eigenvalue weighted by atomic mass is 32.2. The van der Waals surface area contributed by atoms with Gasteiger partial charge in [-0.05, 0) is 42.9 Å². The summed E-state index contributed by atoms with van der Waals surface area (Å²) in [5.74, 6) is -0.819. The van der Waals surface area contributed by atoms with Crippen LogP contribution >= 0.6 is 35.3 Å². The number of amides is 1. The summed E-state index contributed by atoms with van der Waals surface area (Å²) in [7, 11) is 0. The Balaban J connectivity index is 1.90. The van der Waals surface area contributed by atoms with Crippen molar-refractivity contribution in [2.45, 2.75) is 32.6 Å². The van der Waals surface area contributed by atoms with E-state index in [0.29, 0.717) is 22.2 Å². The van der Waals surface area contributed by atoms with Gasteiger partial charge in [0.2, 0.25) is 0 Å². The number of unbranched alkanes of at least 4 members (excludes halogenated alkanes) is 2. The third-order valence-electron chi connectivity index (χ3n) is 3.31. The van der Waals surface area contributed by atoms with Gasteiger partial charge in [-0.25, -0.2) is 0 Å². The van der Waals surface area contributed by atoms with Crippen molar-refractivity contribution >= 4 is 57.6 Å². The van der Waals surface area contributed by atoms with Crippen molar-refractivity contribution < 1.29 is 14.7 Å². The van der Waals surface area contributed by atoms with Crippen molar-refractivity contribution in [1.82, 2.24) is 4.90 Å². The largest absolute Gasteiger partial charge is 0.481 e. The number of rotatable bonds is 7. The molecule has 1 aromatic heterocycles. The van der Waals surface area contributed by atoms with Crippen molar-refractivity contribution in [2.24, 2.45) is 0 Å². The van der Waals surface area contributed by atoms with Crippen LogP contribution in [0.3, 0.4) is 0 Å². The Morgan fingerprint density at radius 2 is 2.18 bits per heavy atom. The fraction of sp³-hybridized carbons (Fsp3) is 0.400. The van der Waals surface area contributed by atoms with Crippen LogP contribution in [-0.2, 0) is 9.59 Å². The molecule has 22 heavy (non-hydrogen) atoms. The van der Waals surface area contributed by atoms with E-state index in [1.54, 1.807) is 16.2 Å². The zero-order chi connectivity index (χ0) is 16.1. The summed E-state index contributed by atoms with van der Waals surface area (Å²) in [5, 5.41) is 10.6. The SMILES string of the molecule is Cc1ccsc1C=C1SC(=S)N(CCCCCC(=O)O)C1=O. The Hall–Kier alpha value is -1.18. The number of thioether (sulfide) groups is 1. The lowest BCUT2D eigenvalue weighted by atomic mass is 10.2. The number of aryl methyl sites for hydroxylation is 1. The molecule has 0 saturated carbocycles. The second-order valence-corrected chi connectivity index (χ2v) is 7.63. The minimum absolute atomic E-state index is 0.0407. The number of hydrogen-bond acceptors (Lipinski definition) is 5. The van der Waals surface area contributed by atoms with Crippen LogP contribution in [0.25, 0.3) is 6.08 Å². The summed E-state index contributed by atoms with van der Waals surface area (Å²) in [4.78, 5) is 26.2. The van der Waals surface area contributed by atoms with E-state index in [4.69, 9.17) is 17.3 Å². The smallest absolute Gasteiger partial charge is 0.303 e. The molecule has 0 aliphatic carbocycles. The highest BCUT2D eigenvalue weighted by Gasteiger charge is 2.31. The third-order valence-corrected chi connectivity index (χ3v) is 5.65. The van der Waals surface area contributed by atoms with E-state index in [9.17, 15) is 9.59 Å². The standard InChI is InChI=1S/C15H17NO3S3/c1-10-6-8-21-11(10)9-12-14(19)16(15(20)22-12)7-4-2-3-5-13(17)18/h6,8-9H,2-5,7H2,1H3,(H,17,18). The first-order valence-electron chi connectivity index (χ1n) is 7.00. The lowest BCUT2D eigenvalue weighted by molar-refractivity contribution is -0.137. The van der Waals surface area contributed by atoms with Crippen molar-refractivity contribution in [1.29, 1.82) is 0 Å². The number of thiocarbonyl (C=S) groups is 1. The van der Waals surface area contributed by atoms with Crippen molar-refractivity contribution in [3.05, 3.63) is 26.8 Å². The van der Waals surface area contributed by atoms with Crippen molar-refractivity contribution in [3.63, 3.8) is 0 Å². The summed E-state index contributed by atoms with van der Waals surface area (Å²) in [6, 6.07) is 2.03. The van der Waals surface area contributed by atoms with Crippen LogP contribution in [0.4, 0.5) is 0 Å². The number of carboxylic acid groups (broad SMARTS) is 1. The van der Waals surface area contributed by atoms with Gasteiger partial charge in [0.25, 0.3) is 5.91 Å². The van der Waals surface area contributed by atoms with Crippen LogP contribution in [0.5, 0.6) is 0 Å². The third kappa shape index (κ3) is 4.41. The average molecular weight is 356 g/mol. The van der Waals surface area contributed by atoms with Crippen molar-refractivity contribution in [2.75, 3.05) is 6.54 Å². The first kappa shape index (κ1) is 17.2. The number of thiophene rings is 1. The van der Waals surface area contributed by atoms with E-state index in [1.807, 2.05) is 24.4 Å². The first-order chi connectivity index (χ1) is 10.5. The maximum atomic E-state index is 12.4. The number of carbonyl (C=O) groups is 2. The zero-order valence-corrected chi connectivity index (χ0v) is 14.7. The molecule has 1 fully saturated rings. The monoisotopic (exact) mass is 355 g/mol. The van der Waals surface area contributed by atoms with Gasteiger partial charge in [0, 0.05) is 17.8 Å². The van der Waals surface area contributed by atoms with Crippen LogP contribution in [0.1, 0.15) is 36.1 Å². The zero-order valence-electron chi connectivity index (χ0n) is 12.2. The fourth-order valence-electron chi connectivity index (χ4n) is 2.07. The van der Waals surface area contributed by atoms with Crippen LogP contribution in [0, 0.1) is 6.92 Å². The highest BCUT2D eigenvalue weighted by Crippen LogP contribution is 2.34. The topological polar surface area (TPSA) is 57.6 Å². The molecular formula is C15H17NO3S3. The molecule has 0 unspecified atom stereocenters. The number of carboxylic acids is 1. The Bertz CT molecular complexity index is 621. The lowest BCUT2D eigenvalue weighted by Gasteiger charge is -2.13. The summed E-state index contributed by atoms with van der Waals surface area (Å²) in [6.07, 6.45) is 4.27. The van der Waals surface area contributed by atoms with Crippen molar-refractivity contribution in [3.8, 4) is 0 Å². The number of hydrogen-bond donors (Lipinski definition) is 1. The molecule has 2 heterocycles. The van der Waals surface area contributed by atoms with E-state index in [2.05, 4.69) is 0 Å². The van der Waals surface area contributed by atoms with E-state index in [-0.39, 0.29) is 12.3 Å². The van der Waals surface area contributed by atoms with Gasteiger partial charge in [0.05, 0.1) is 4.91 Å². The molecule has 1 saturated heterocycles. The second-order valence-electron chi connectivity index (χ2n) is 5.01. The molecule has 0 spiro atoms. The van der Waals surface area contributed by atoms with Crippen LogP contribution in [-0.4, -0.2) is 32.7 Å². The Labute approximate surface area is 143 Å². The number of aliphatic carboxylic acids is 1. The number of nitrogens with zero attached hydrogens (tertiary/aromatic N) is 1. The second kappa shape index (κ2) is 7.89. The van der Waals surface area contributed by atoms with E-state index < -0.39 is 5.97 Å². The maximum Gasteiger partial charge on any atom is 0.303 e. The summed E-state index contributed by atoms with van der Waals surface area (Å²) >= 11 is 8.23. The molecule has 0 bridgehead atoms. The molecule has 118 valence electrons. The number of carbonyl (C=O) groups excluding carboxylic acids is 1. The minimum Gasteiger partial charge on any atom is -0.481 e. The Morgan fingerprint density at radius 1 is 1.41 bits per heavy atom. The molecule has 7 heteroatoms. The van der Waals surface area contributed by atoms with Gasteiger partial charge >= 0.3 is 5.97 Å². The summed E-state index contributed by atoms with van der Waals surface area (Å²) in [5.41, 5.74) is 1.16. The molecular weight excluding hydrogens is 338 g/mol. The predicted octanol–water partition coefficient (Wildman–Crippen LogP) is 3.90. The molecule has 1 aliphatic rings. The average Bonchev–Trinajstić information content (AvgIpc) is 2.96. The van der Waals surface area contributed by atoms with Crippen LogP contribution < -0.4 is 0 Å². The summed E-state index contributed by atoms with van der Waals surface area (Å²) in [6.45, 7) is 2.58. The molecule has 4 nitrogen and oxygen atoms in total. The lowest BCUT2D eigenvalue weighted by Crippen LogP contribution is -2.29. The molecule has 0 radical (unpaired) electrons. The quantitative estimate of drug-likeness (QED) is 0.457. The first-order valence-corrected chi connectivity index (χ1v) is 9.10. The molecule has 1 N–H and O–H groups in total. The molecule has 1 aliphatic heterocycles. The van der Waals surface area contributed by atoms with E-state index >= 15 is 0 Å². The van der Waals surface area contributed by atoms with E-state index in [1.165, 1.54) is 11.8 Å².